The molecule has 0 saturated heterocycles. The predicted molar refractivity (Wildman–Crippen MR) is 68.7 cm³/mol. The SMILES string of the molecule is COc1ccc(-c2cc(C)c(Br)s2)cc1. The molecule has 0 spiro atoms. The first-order valence-corrected chi connectivity index (χ1v) is 6.22. The second-order valence-corrected chi connectivity index (χ2v) is 5.67. The van der Waals surface area contributed by atoms with Gasteiger partial charge in [0.05, 0.1) is 10.9 Å². The van der Waals surface area contributed by atoms with Gasteiger partial charge in [0.1, 0.15) is 5.75 Å². The number of rotatable bonds is 2. The van der Waals surface area contributed by atoms with Gasteiger partial charge in [-0.2, -0.15) is 0 Å². The third-order valence-corrected chi connectivity index (χ3v) is 4.42. The van der Waals surface area contributed by atoms with Crippen LogP contribution in [-0.4, -0.2) is 7.11 Å². The standard InChI is InChI=1S/C12H11BrOS/c1-8-7-11(15-12(8)13)9-3-5-10(14-2)6-4-9/h3-7H,1-2H3. The van der Waals surface area contributed by atoms with Gasteiger partial charge in [-0.15, -0.1) is 11.3 Å². The molecule has 0 N–H and O–H groups in total. The molecule has 0 aliphatic carbocycles. The molecule has 0 radical (unpaired) electrons. The number of methoxy groups -OCH3 is 1. The number of thiophene rings is 1. The van der Waals surface area contributed by atoms with Crippen molar-refractivity contribution in [3.05, 3.63) is 39.7 Å². The third kappa shape index (κ3) is 2.24. The summed E-state index contributed by atoms with van der Waals surface area (Å²) >= 11 is 5.29. The van der Waals surface area contributed by atoms with Gasteiger partial charge in [0.15, 0.2) is 0 Å². The molecule has 0 aliphatic heterocycles. The Morgan fingerprint density at radius 3 is 2.33 bits per heavy atom. The van der Waals surface area contributed by atoms with Crippen molar-refractivity contribution < 1.29 is 4.74 Å². The average Bonchev–Trinajstić information content (AvgIpc) is 2.59. The van der Waals surface area contributed by atoms with Crippen LogP contribution in [0.2, 0.25) is 0 Å². The van der Waals surface area contributed by atoms with E-state index < -0.39 is 0 Å². The third-order valence-electron chi connectivity index (χ3n) is 2.23. The van der Waals surface area contributed by atoms with Crippen LogP contribution in [0, 0.1) is 6.92 Å². The monoisotopic (exact) mass is 282 g/mol. The molecule has 3 heteroatoms. The molecule has 0 bridgehead atoms. The number of benzene rings is 1. The van der Waals surface area contributed by atoms with Crippen LogP contribution < -0.4 is 4.74 Å². The van der Waals surface area contributed by atoms with Crippen LogP contribution in [0.4, 0.5) is 0 Å². The highest BCUT2D eigenvalue weighted by Crippen LogP contribution is 2.35. The lowest BCUT2D eigenvalue weighted by atomic mass is 10.2. The van der Waals surface area contributed by atoms with Gasteiger partial charge < -0.3 is 4.74 Å². The molecule has 0 unspecified atom stereocenters. The molecule has 15 heavy (non-hydrogen) atoms. The summed E-state index contributed by atoms with van der Waals surface area (Å²) in [6.45, 7) is 2.10. The first-order valence-electron chi connectivity index (χ1n) is 4.61. The van der Waals surface area contributed by atoms with Crippen molar-refractivity contribution in [2.45, 2.75) is 6.92 Å². The van der Waals surface area contributed by atoms with Crippen LogP contribution in [0.15, 0.2) is 34.1 Å². The van der Waals surface area contributed by atoms with Gasteiger partial charge in [-0.1, -0.05) is 0 Å². The zero-order chi connectivity index (χ0) is 10.8. The van der Waals surface area contributed by atoms with Gasteiger partial charge in [0.2, 0.25) is 0 Å². The smallest absolute Gasteiger partial charge is 0.118 e. The zero-order valence-corrected chi connectivity index (χ0v) is 11.0. The van der Waals surface area contributed by atoms with Gasteiger partial charge in [-0.05, 0) is 64.3 Å². The topological polar surface area (TPSA) is 9.23 Å². The highest BCUT2D eigenvalue weighted by atomic mass is 79.9. The van der Waals surface area contributed by atoms with Crippen LogP contribution in [0.3, 0.4) is 0 Å². The minimum absolute atomic E-state index is 0.895. The molecule has 1 aromatic carbocycles. The Labute approximate surface area is 102 Å². The Balaban J connectivity index is 2.37. The Bertz CT molecular complexity index is 439. The molecule has 2 rings (SSSR count). The second-order valence-electron chi connectivity index (χ2n) is 3.30. The molecule has 0 atom stereocenters. The van der Waals surface area contributed by atoms with Crippen LogP contribution in [0.25, 0.3) is 10.4 Å². The summed E-state index contributed by atoms with van der Waals surface area (Å²) in [5.41, 5.74) is 2.51. The van der Waals surface area contributed by atoms with E-state index in [2.05, 4.69) is 41.1 Å². The van der Waals surface area contributed by atoms with E-state index in [9.17, 15) is 0 Å². The fraction of sp³-hybridized carbons (Fsp3) is 0.167. The molecule has 0 amide bonds. The van der Waals surface area contributed by atoms with Gasteiger partial charge in [0, 0.05) is 4.88 Å². The minimum Gasteiger partial charge on any atom is -0.497 e. The van der Waals surface area contributed by atoms with Gasteiger partial charge in [-0.25, -0.2) is 0 Å². The molecular formula is C12H11BrOS. The fourth-order valence-corrected chi connectivity index (χ4v) is 2.90. The average molecular weight is 283 g/mol. The van der Waals surface area contributed by atoms with Crippen LogP contribution in [0.5, 0.6) is 5.75 Å². The van der Waals surface area contributed by atoms with E-state index in [-0.39, 0.29) is 0 Å². The summed E-state index contributed by atoms with van der Waals surface area (Å²) in [4.78, 5) is 1.28. The normalized spacial score (nSPS) is 10.3. The van der Waals surface area contributed by atoms with Gasteiger partial charge in [0.25, 0.3) is 0 Å². The molecule has 0 fully saturated rings. The highest BCUT2D eigenvalue weighted by molar-refractivity contribution is 9.11. The number of hydrogen-bond acceptors (Lipinski definition) is 2. The Morgan fingerprint density at radius 2 is 1.87 bits per heavy atom. The van der Waals surface area contributed by atoms with Crippen LogP contribution in [0.1, 0.15) is 5.56 Å². The van der Waals surface area contributed by atoms with E-state index in [4.69, 9.17) is 4.74 Å². The molecule has 78 valence electrons. The molecule has 0 aliphatic rings. The van der Waals surface area contributed by atoms with Crippen molar-refractivity contribution in [1.29, 1.82) is 0 Å². The molecule has 1 heterocycles. The molecule has 2 aromatic rings. The lowest BCUT2D eigenvalue weighted by Gasteiger charge is -2.00. The Morgan fingerprint density at radius 1 is 1.20 bits per heavy atom. The Hall–Kier alpha value is -0.800. The first-order chi connectivity index (χ1) is 7.20. The molecule has 1 aromatic heterocycles. The maximum absolute atomic E-state index is 5.13. The van der Waals surface area contributed by atoms with E-state index in [0.717, 1.165) is 5.75 Å². The fourth-order valence-electron chi connectivity index (χ4n) is 1.36. The number of ether oxygens (including phenoxy) is 1. The summed E-state index contributed by atoms with van der Waals surface area (Å²) in [5, 5.41) is 0. The van der Waals surface area contributed by atoms with Crippen molar-refractivity contribution in [3.8, 4) is 16.2 Å². The van der Waals surface area contributed by atoms with Crippen molar-refractivity contribution >= 4 is 27.3 Å². The molecular weight excluding hydrogens is 272 g/mol. The van der Waals surface area contributed by atoms with Crippen LogP contribution in [-0.2, 0) is 0 Å². The van der Waals surface area contributed by atoms with Crippen molar-refractivity contribution in [2.75, 3.05) is 7.11 Å². The maximum Gasteiger partial charge on any atom is 0.118 e. The predicted octanol–water partition coefficient (Wildman–Crippen LogP) is 4.49. The summed E-state index contributed by atoms with van der Waals surface area (Å²) in [7, 11) is 1.68. The lowest BCUT2D eigenvalue weighted by molar-refractivity contribution is 0.415. The Kier molecular flexibility index (Phi) is 3.12. The number of aryl methyl sites for hydroxylation is 1. The van der Waals surface area contributed by atoms with E-state index in [1.807, 2.05) is 12.1 Å². The zero-order valence-electron chi connectivity index (χ0n) is 8.58. The van der Waals surface area contributed by atoms with E-state index in [1.165, 1.54) is 19.8 Å². The number of hydrogen-bond donors (Lipinski definition) is 0. The molecule has 1 nitrogen and oxygen atoms in total. The van der Waals surface area contributed by atoms with E-state index >= 15 is 0 Å². The quantitative estimate of drug-likeness (QED) is 0.788. The van der Waals surface area contributed by atoms with Crippen molar-refractivity contribution in [2.24, 2.45) is 0 Å². The van der Waals surface area contributed by atoms with Gasteiger partial charge >= 0.3 is 0 Å². The largest absolute Gasteiger partial charge is 0.497 e. The van der Waals surface area contributed by atoms with E-state index in [0.29, 0.717) is 0 Å². The lowest BCUT2D eigenvalue weighted by Crippen LogP contribution is -1.81. The second kappa shape index (κ2) is 4.37. The summed E-state index contributed by atoms with van der Waals surface area (Å²) in [5.74, 6) is 0.895. The highest BCUT2D eigenvalue weighted by Gasteiger charge is 2.04. The van der Waals surface area contributed by atoms with Crippen LogP contribution >= 0.6 is 27.3 Å². The van der Waals surface area contributed by atoms with E-state index in [1.54, 1.807) is 18.4 Å². The summed E-state index contributed by atoms with van der Waals surface area (Å²) in [6, 6.07) is 10.3. The maximum atomic E-state index is 5.13. The number of halogens is 1. The minimum atomic E-state index is 0.895. The van der Waals surface area contributed by atoms with Crippen molar-refractivity contribution in [1.82, 2.24) is 0 Å². The summed E-state index contributed by atoms with van der Waals surface area (Å²) < 4.78 is 6.33. The van der Waals surface area contributed by atoms with Crippen molar-refractivity contribution in [3.63, 3.8) is 0 Å². The summed E-state index contributed by atoms with van der Waals surface area (Å²) in [6.07, 6.45) is 0. The first kappa shape index (κ1) is 10.7. The van der Waals surface area contributed by atoms with Gasteiger partial charge in [-0.3, -0.25) is 0 Å². The molecule has 0 saturated carbocycles.